The number of hydrogen-bond donors (Lipinski definition) is 3. The Morgan fingerprint density at radius 3 is 1.92 bits per heavy atom. The molecule has 2 unspecified atom stereocenters. The van der Waals surface area contributed by atoms with E-state index in [0.29, 0.717) is 23.3 Å². The highest BCUT2D eigenvalue weighted by Crippen LogP contribution is 2.80. The van der Waals surface area contributed by atoms with Crippen molar-refractivity contribution < 1.29 is 15.3 Å². The van der Waals surface area contributed by atoms with Crippen LogP contribution in [0.25, 0.3) is 0 Å². The van der Waals surface area contributed by atoms with Gasteiger partial charge in [-0.05, 0) is 77.8 Å². The maximum Gasteiger partial charge on any atom is 0.0601 e. The van der Waals surface area contributed by atoms with Crippen LogP contribution in [0.4, 0.5) is 0 Å². The summed E-state index contributed by atoms with van der Waals surface area (Å²) in [6, 6.07) is 0. The lowest BCUT2D eigenvalue weighted by Gasteiger charge is -2.75. The number of fused-ring (bicyclic) bond motifs is 5. The molecule has 4 aliphatic carbocycles. The van der Waals surface area contributed by atoms with E-state index in [1.54, 1.807) is 5.57 Å². The Balaban J connectivity index is 1.97. The topological polar surface area (TPSA) is 60.7 Å². The van der Waals surface area contributed by atoms with Crippen molar-refractivity contribution in [2.75, 3.05) is 0 Å². The van der Waals surface area contributed by atoms with Crippen LogP contribution in [0.15, 0.2) is 11.6 Å². The van der Waals surface area contributed by atoms with Gasteiger partial charge in [-0.25, -0.2) is 0 Å². The standard InChI is InChI=1S/C30H58O3Si3/c1-19(31)26-24(32)18-23-21-14-13-20-17-25(33)27(34(4,5)6)30(35(7,8)9,36(10,11)12)29(20,3)22(21)15-16-28(23,26)2/h13,19,21-27,31-33H,14-18H2,1-12H3/t19?,21-,22+,23+,24-,25-,26+,27?,28+,29+/m1/s1. The maximum atomic E-state index is 12.0. The second-order valence-electron chi connectivity index (χ2n) is 17.1. The Bertz CT molecular complexity index is 881. The highest BCUT2D eigenvalue weighted by Gasteiger charge is 2.75. The van der Waals surface area contributed by atoms with Gasteiger partial charge in [0.25, 0.3) is 0 Å². The maximum absolute atomic E-state index is 12.0. The van der Waals surface area contributed by atoms with Gasteiger partial charge in [0.2, 0.25) is 0 Å². The van der Waals surface area contributed by atoms with Crippen molar-refractivity contribution >= 4 is 24.2 Å². The van der Waals surface area contributed by atoms with Crippen molar-refractivity contribution in [3.8, 4) is 0 Å². The molecule has 3 N–H and O–H groups in total. The molecule has 0 aliphatic heterocycles. The molecule has 0 amide bonds. The third-order valence-corrected chi connectivity index (χ3v) is 26.7. The molecule has 4 rings (SSSR count). The Morgan fingerprint density at radius 1 is 0.889 bits per heavy atom. The second-order valence-corrected chi connectivity index (χ2v) is 33.5. The van der Waals surface area contributed by atoms with Crippen LogP contribution >= 0.6 is 0 Å². The number of aliphatic hydroxyl groups is 3. The molecular formula is C30H58O3Si3. The molecule has 36 heavy (non-hydrogen) atoms. The smallest absolute Gasteiger partial charge is 0.0601 e. The Kier molecular flexibility index (Phi) is 7.02. The molecule has 0 bridgehead atoms. The Labute approximate surface area is 225 Å². The van der Waals surface area contributed by atoms with Crippen molar-refractivity contribution in [1.29, 1.82) is 0 Å². The molecule has 3 nitrogen and oxygen atoms in total. The van der Waals surface area contributed by atoms with E-state index in [1.165, 1.54) is 6.42 Å². The molecular weight excluding hydrogens is 493 g/mol. The van der Waals surface area contributed by atoms with E-state index >= 15 is 0 Å². The first-order valence-corrected chi connectivity index (χ1v) is 25.5. The molecule has 3 fully saturated rings. The first-order chi connectivity index (χ1) is 16.2. The van der Waals surface area contributed by atoms with E-state index in [4.69, 9.17) is 0 Å². The van der Waals surface area contributed by atoms with Crippen LogP contribution < -0.4 is 0 Å². The van der Waals surface area contributed by atoms with Crippen molar-refractivity contribution in [3.05, 3.63) is 11.6 Å². The SMILES string of the molecule is CC(O)[C@H]1[C@H](O)C[C@H]2[C@@H]3CC=C4C[C@@H](O)C([Si](C)(C)C)C([Si](C)(C)C)([Si](C)(C)C)[C@]4(C)[C@H]3CC[C@@]21C. The van der Waals surface area contributed by atoms with Crippen molar-refractivity contribution in [2.24, 2.45) is 34.5 Å². The van der Waals surface area contributed by atoms with E-state index in [9.17, 15) is 15.3 Å². The second kappa shape index (κ2) is 8.63. The van der Waals surface area contributed by atoms with Crippen molar-refractivity contribution in [2.45, 2.75) is 140 Å². The quantitative estimate of drug-likeness (QED) is 0.257. The fourth-order valence-corrected chi connectivity index (χ4v) is 35.8. The van der Waals surface area contributed by atoms with Gasteiger partial charge in [-0.2, -0.15) is 0 Å². The van der Waals surface area contributed by atoms with Crippen LogP contribution in [0.2, 0.25) is 69.1 Å². The number of allylic oxidation sites excluding steroid dienone is 1. The van der Waals surface area contributed by atoms with Crippen LogP contribution in [0.1, 0.15) is 52.9 Å². The van der Waals surface area contributed by atoms with Gasteiger partial charge in [0.05, 0.1) is 26.4 Å². The van der Waals surface area contributed by atoms with Gasteiger partial charge in [-0.15, -0.1) is 0 Å². The van der Waals surface area contributed by atoms with Gasteiger partial charge in [0, 0.05) is 22.1 Å². The minimum atomic E-state index is -1.80. The first-order valence-electron chi connectivity index (χ1n) is 14.9. The van der Waals surface area contributed by atoms with Gasteiger partial charge in [0.1, 0.15) is 0 Å². The molecule has 0 heterocycles. The molecule has 3 saturated carbocycles. The number of aliphatic hydroxyl groups excluding tert-OH is 3. The minimum absolute atomic E-state index is 0.0109. The molecule has 0 spiro atoms. The van der Waals surface area contributed by atoms with Crippen LogP contribution in [0.3, 0.4) is 0 Å². The summed E-state index contributed by atoms with van der Waals surface area (Å²) in [7, 11) is -5.32. The third-order valence-electron chi connectivity index (χ3n) is 12.5. The van der Waals surface area contributed by atoms with E-state index in [-0.39, 0.29) is 27.5 Å². The molecule has 0 aromatic rings. The summed E-state index contributed by atoms with van der Waals surface area (Å²) in [5.74, 6) is 1.64. The average molecular weight is 551 g/mol. The van der Waals surface area contributed by atoms with Gasteiger partial charge in [-0.1, -0.05) is 84.4 Å². The lowest BCUT2D eigenvalue weighted by molar-refractivity contribution is -0.0812. The normalized spacial score (nSPS) is 45.9. The van der Waals surface area contributed by atoms with Gasteiger partial charge in [-0.3, -0.25) is 0 Å². The number of hydrogen-bond acceptors (Lipinski definition) is 3. The molecule has 4 aliphatic rings. The van der Waals surface area contributed by atoms with Gasteiger partial charge in [0.15, 0.2) is 0 Å². The summed E-state index contributed by atoms with van der Waals surface area (Å²) in [5.41, 5.74) is 2.15. The lowest BCUT2D eigenvalue weighted by Crippen LogP contribution is -2.73. The van der Waals surface area contributed by atoms with E-state index < -0.39 is 36.4 Å². The third kappa shape index (κ3) is 3.63. The summed E-state index contributed by atoms with van der Waals surface area (Å²) in [6.07, 6.45) is 6.65. The summed E-state index contributed by atoms with van der Waals surface area (Å²) in [6.45, 7) is 30.4. The van der Waals surface area contributed by atoms with E-state index in [1.807, 2.05) is 6.92 Å². The van der Waals surface area contributed by atoms with Crippen molar-refractivity contribution in [3.63, 3.8) is 0 Å². The predicted molar refractivity (Wildman–Crippen MR) is 162 cm³/mol. The van der Waals surface area contributed by atoms with Gasteiger partial charge >= 0.3 is 0 Å². The van der Waals surface area contributed by atoms with Crippen LogP contribution in [0, 0.1) is 34.5 Å². The van der Waals surface area contributed by atoms with Crippen molar-refractivity contribution in [1.82, 2.24) is 0 Å². The monoisotopic (exact) mass is 550 g/mol. The molecule has 0 radical (unpaired) electrons. The molecule has 6 heteroatoms. The molecule has 0 aromatic carbocycles. The van der Waals surface area contributed by atoms with Crippen LogP contribution in [-0.2, 0) is 0 Å². The lowest BCUT2D eigenvalue weighted by atomic mass is 9.46. The zero-order valence-corrected chi connectivity index (χ0v) is 28.6. The van der Waals surface area contributed by atoms with Crippen LogP contribution in [-0.4, -0.2) is 57.9 Å². The Hall–Kier alpha value is 0.271. The fraction of sp³-hybridized carbons (Fsp3) is 0.933. The minimum Gasteiger partial charge on any atom is -0.393 e. The summed E-state index contributed by atoms with van der Waals surface area (Å²) >= 11 is 0. The van der Waals surface area contributed by atoms with Crippen LogP contribution in [0.5, 0.6) is 0 Å². The number of rotatable bonds is 4. The molecule has 0 aromatic heterocycles. The highest BCUT2D eigenvalue weighted by atomic mass is 28.4. The Morgan fingerprint density at radius 2 is 1.44 bits per heavy atom. The summed E-state index contributed by atoms with van der Waals surface area (Å²) in [5, 5.41) is 33.9. The fourth-order valence-electron chi connectivity index (χ4n) is 12.6. The summed E-state index contributed by atoms with van der Waals surface area (Å²) in [4.78, 5) is 0. The molecule has 0 saturated heterocycles. The van der Waals surface area contributed by atoms with E-state index in [2.05, 4.69) is 78.8 Å². The average Bonchev–Trinajstić information content (AvgIpc) is 2.94. The first kappa shape index (κ1) is 29.3. The highest BCUT2D eigenvalue weighted by molar-refractivity contribution is 7.01. The summed E-state index contributed by atoms with van der Waals surface area (Å²) < 4.78 is 0.207. The van der Waals surface area contributed by atoms with Gasteiger partial charge < -0.3 is 15.3 Å². The predicted octanol–water partition coefficient (Wildman–Crippen LogP) is 7.16. The zero-order chi connectivity index (χ0) is 27.4. The largest absolute Gasteiger partial charge is 0.393 e. The molecule has 208 valence electrons. The molecule has 10 atom stereocenters. The van der Waals surface area contributed by atoms with E-state index in [0.717, 1.165) is 25.7 Å². The zero-order valence-electron chi connectivity index (χ0n) is 25.6.